The van der Waals surface area contributed by atoms with Crippen LogP contribution in [0.1, 0.15) is 13.3 Å². The lowest BCUT2D eigenvalue weighted by atomic mass is 10.2. The monoisotopic (exact) mass is 266 g/mol. The fraction of sp³-hybridized carbons (Fsp3) is 0.900. The number of carbonyl (C=O) groups is 1. The highest BCUT2D eigenvalue weighted by molar-refractivity contribution is 7.90. The van der Waals surface area contributed by atoms with Crippen LogP contribution in [0.25, 0.3) is 0 Å². The molecule has 0 saturated carbocycles. The smallest absolute Gasteiger partial charge is 0.322 e. The van der Waals surface area contributed by atoms with E-state index in [2.05, 4.69) is 5.32 Å². The minimum absolute atomic E-state index is 0.0453. The lowest BCUT2D eigenvalue weighted by Gasteiger charge is -2.21. The van der Waals surface area contributed by atoms with Crippen molar-refractivity contribution in [3.63, 3.8) is 0 Å². The fourth-order valence-electron chi connectivity index (χ4n) is 1.27. The Hall–Kier alpha value is -0.660. The van der Waals surface area contributed by atoms with Crippen LogP contribution in [0.5, 0.6) is 0 Å². The van der Waals surface area contributed by atoms with Crippen molar-refractivity contribution >= 4 is 15.8 Å². The second-order valence-corrected chi connectivity index (χ2v) is 6.50. The number of hydrogen-bond acceptors (Lipinski definition) is 5. The number of nitrogens with zero attached hydrogens (tertiary/aromatic N) is 1. The first-order chi connectivity index (χ1) is 7.76. The van der Waals surface area contributed by atoms with E-state index in [0.717, 1.165) is 6.42 Å². The largest absolute Gasteiger partial charge is 0.480 e. The van der Waals surface area contributed by atoms with Gasteiger partial charge >= 0.3 is 5.97 Å². The molecular formula is C10H22N2O4S. The maximum atomic E-state index is 11.0. The van der Waals surface area contributed by atoms with E-state index in [4.69, 9.17) is 5.11 Å². The molecule has 102 valence electrons. The number of hydrogen-bond donors (Lipinski definition) is 2. The standard InChI is InChI=1S/C10H22N2O4S/c1-4-5-11-9(10(13)14)8-12(2)6-7-17(3,15)16/h9,11H,4-8H2,1-3H3,(H,13,14). The second-order valence-electron chi connectivity index (χ2n) is 4.24. The topological polar surface area (TPSA) is 86.7 Å². The minimum Gasteiger partial charge on any atom is -0.480 e. The highest BCUT2D eigenvalue weighted by Gasteiger charge is 2.18. The molecule has 0 aromatic rings. The molecule has 0 rings (SSSR count). The van der Waals surface area contributed by atoms with E-state index in [1.165, 1.54) is 6.26 Å². The molecule has 0 heterocycles. The molecule has 6 nitrogen and oxygen atoms in total. The van der Waals surface area contributed by atoms with Gasteiger partial charge in [0, 0.05) is 19.3 Å². The van der Waals surface area contributed by atoms with E-state index in [-0.39, 0.29) is 5.75 Å². The van der Waals surface area contributed by atoms with Gasteiger partial charge < -0.3 is 15.3 Å². The van der Waals surface area contributed by atoms with Gasteiger partial charge in [-0.15, -0.1) is 0 Å². The normalized spacial score (nSPS) is 13.9. The van der Waals surface area contributed by atoms with Crippen LogP contribution in [0.2, 0.25) is 0 Å². The Morgan fingerprint density at radius 1 is 1.47 bits per heavy atom. The van der Waals surface area contributed by atoms with Gasteiger partial charge in [0.25, 0.3) is 0 Å². The number of carboxylic acids is 1. The van der Waals surface area contributed by atoms with E-state index >= 15 is 0 Å². The number of rotatable bonds is 9. The van der Waals surface area contributed by atoms with Crippen LogP contribution in [0.3, 0.4) is 0 Å². The molecule has 0 aromatic carbocycles. The van der Waals surface area contributed by atoms with Crippen molar-refractivity contribution in [3.05, 3.63) is 0 Å². The van der Waals surface area contributed by atoms with Gasteiger partial charge in [-0.25, -0.2) is 8.42 Å². The summed E-state index contributed by atoms with van der Waals surface area (Å²) in [7, 11) is -1.28. The van der Waals surface area contributed by atoms with Gasteiger partial charge in [-0.2, -0.15) is 0 Å². The van der Waals surface area contributed by atoms with Gasteiger partial charge in [-0.05, 0) is 20.0 Å². The van der Waals surface area contributed by atoms with Crippen molar-refractivity contribution in [1.82, 2.24) is 10.2 Å². The molecule has 0 radical (unpaired) electrons. The summed E-state index contributed by atoms with van der Waals surface area (Å²) in [5.74, 6) is -0.867. The Morgan fingerprint density at radius 3 is 2.47 bits per heavy atom. The first kappa shape index (κ1) is 16.3. The molecule has 0 aliphatic carbocycles. The van der Waals surface area contributed by atoms with Crippen LogP contribution in [-0.2, 0) is 14.6 Å². The molecule has 0 bridgehead atoms. The first-order valence-corrected chi connectivity index (χ1v) is 7.64. The summed E-state index contributed by atoms with van der Waals surface area (Å²) < 4.78 is 21.9. The SMILES string of the molecule is CCCNC(CN(C)CCS(C)(=O)=O)C(=O)O. The molecule has 0 amide bonds. The third-order valence-electron chi connectivity index (χ3n) is 2.28. The Bertz CT molecular complexity index is 329. The average Bonchev–Trinajstić information content (AvgIpc) is 2.19. The van der Waals surface area contributed by atoms with Crippen LogP contribution in [0.4, 0.5) is 0 Å². The van der Waals surface area contributed by atoms with Gasteiger partial charge in [0.15, 0.2) is 0 Å². The zero-order valence-electron chi connectivity index (χ0n) is 10.6. The number of sulfone groups is 1. The molecule has 0 aromatic heterocycles. The zero-order valence-corrected chi connectivity index (χ0v) is 11.5. The summed E-state index contributed by atoms with van der Waals surface area (Å²) in [5, 5.41) is 11.9. The van der Waals surface area contributed by atoms with Crippen LogP contribution in [-0.4, -0.2) is 69.1 Å². The van der Waals surface area contributed by atoms with E-state index < -0.39 is 21.8 Å². The van der Waals surface area contributed by atoms with E-state index in [1.54, 1.807) is 11.9 Å². The molecule has 0 saturated heterocycles. The first-order valence-electron chi connectivity index (χ1n) is 5.58. The van der Waals surface area contributed by atoms with Crippen LogP contribution < -0.4 is 5.32 Å². The van der Waals surface area contributed by atoms with E-state index in [1.807, 2.05) is 6.92 Å². The van der Waals surface area contributed by atoms with Gasteiger partial charge in [-0.1, -0.05) is 6.92 Å². The maximum absolute atomic E-state index is 11.0. The Labute approximate surface area is 103 Å². The van der Waals surface area contributed by atoms with Crippen molar-refractivity contribution < 1.29 is 18.3 Å². The van der Waals surface area contributed by atoms with Crippen molar-refractivity contribution in [2.24, 2.45) is 0 Å². The van der Waals surface area contributed by atoms with Crippen molar-refractivity contribution in [2.45, 2.75) is 19.4 Å². The number of nitrogens with one attached hydrogen (secondary N) is 1. The van der Waals surface area contributed by atoms with Crippen LogP contribution >= 0.6 is 0 Å². The molecule has 0 aliphatic heterocycles. The summed E-state index contributed by atoms with van der Waals surface area (Å²) in [4.78, 5) is 12.6. The van der Waals surface area contributed by atoms with Gasteiger partial charge in [-0.3, -0.25) is 4.79 Å². The third-order valence-corrected chi connectivity index (χ3v) is 3.20. The lowest BCUT2D eigenvalue weighted by Crippen LogP contribution is -2.46. The van der Waals surface area contributed by atoms with Gasteiger partial charge in [0.2, 0.25) is 0 Å². The summed E-state index contributed by atoms with van der Waals surface area (Å²) >= 11 is 0. The molecule has 1 unspecified atom stereocenters. The van der Waals surface area contributed by atoms with Crippen molar-refractivity contribution in [1.29, 1.82) is 0 Å². The predicted molar refractivity (Wildman–Crippen MR) is 66.9 cm³/mol. The summed E-state index contributed by atoms with van der Waals surface area (Å²) in [6.07, 6.45) is 2.03. The van der Waals surface area contributed by atoms with Gasteiger partial charge in [0.1, 0.15) is 15.9 Å². The molecule has 17 heavy (non-hydrogen) atoms. The van der Waals surface area contributed by atoms with Crippen LogP contribution in [0.15, 0.2) is 0 Å². The highest BCUT2D eigenvalue weighted by Crippen LogP contribution is 1.93. The predicted octanol–water partition coefficient (Wildman–Crippen LogP) is -0.584. The Kier molecular flexibility index (Phi) is 7.33. The average molecular weight is 266 g/mol. The summed E-state index contributed by atoms with van der Waals surface area (Å²) in [6.45, 7) is 3.23. The molecular weight excluding hydrogens is 244 g/mol. The Morgan fingerprint density at radius 2 is 2.06 bits per heavy atom. The van der Waals surface area contributed by atoms with Crippen molar-refractivity contribution in [2.75, 3.05) is 38.7 Å². The molecule has 7 heteroatoms. The highest BCUT2D eigenvalue weighted by atomic mass is 32.2. The molecule has 0 aliphatic rings. The third kappa shape index (κ3) is 9.08. The molecule has 1 atom stereocenters. The maximum Gasteiger partial charge on any atom is 0.322 e. The number of aliphatic carboxylic acids is 1. The fourth-order valence-corrected chi connectivity index (χ4v) is 1.92. The summed E-state index contributed by atoms with van der Waals surface area (Å²) in [6, 6.07) is -0.653. The second kappa shape index (κ2) is 7.62. The van der Waals surface area contributed by atoms with E-state index in [9.17, 15) is 13.2 Å². The number of likely N-dealkylation sites (N-methyl/N-ethyl adjacent to an activating group) is 1. The van der Waals surface area contributed by atoms with E-state index in [0.29, 0.717) is 19.6 Å². The molecule has 0 fully saturated rings. The van der Waals surface area contributed by atoms with Gasteiger partial charge in [0.05, 0.1) is 5.75 Å². The Balaban J connectivity index is 4.12. The molecule has 0 spiro atoms. The zero-order chi connectivity index (χ0) is 13.5. The lowest BCUT2D eigenvalue weighted by molar-refractivity contribution is -0.139. The van der Waals surface area contributed by atoms with Crippen molar-refractivity contribution in [3.8, 4) is 0 Å². The summed E-state index contributed by atoms with van der Waals surface area (Å²) in [5.41, 5.74) is 0. The molecule has 2 N–H and O–H groups in total. The quantitative estimate of drug-likeness (QED) is 0.580. The number of carboxylic acid groups (broad SMARTS) is 1. The van der Waals surface area contributed by atoms with Crippen LogP contribution in [0, 0.1) is 0 Å². The minimum atomic E-state index is -3.00.